The fraction of sp³-hybridized carbons (Fsp3) is 0. The van der Waals surface area contributed by atoms with Crippen molar-refractivity contribution in [2.45, 2.75) is 0 Å². The summed E-state index contributed by atoms with van der Waals surface area (Å²) in [6, 6.07) is 37.4. The summed E-state index contributed by atoms with van der Waals surface area (Å²) in [6.07, 6.45) is 0. The molecule has 0 unspecified atom stereocenters. The van der Waals surface area contributed by atoms with Crippen molar-refractivity contribution in [1.29, 1.82) is 0 Å². The van der Waals surface area contributed by atoms with Crippen LogP contribution in [0.1, 0.15) is 191 Å². The molecule has 0 atom stereocenters. The number of rotatable bonds is 15. The molecule has 108 heavy (non-hydrogen) atoms. The number of carboxylic acid groups (broad SMARTS) is 12. The zero-order valence-electron chi connectivity index (χ0n) is 54.6. The summed E-state index contributed by atoms with van der Waals surface area (Å²) < 4.78 is 0. The molecule has 10 aromatic carbocycles. The molecule has 0 saturated heterocycles. The third-order valence-electron chi connectivity index (χ3n) is 15.4. The molecule has 0 radical (unpaired) electrons. The SMILES string of the molecule is O=C(O)c1cc(C#Cc2cc(C#Cc3cc(C(=O)O)cc(C(=O)O)c3)cc(-c3cc(-c4cc(C#Cc5cc(C(=O)O)cc(C(=O)O)c5)cc(C#Cc5cc(C(=O)O)cc(C(=O)O)c5)c4)cc(-c4cc(C#Cc5cc(C(=O)O)cc(C(=O)O)c5)cc(C#Cc5cc(C(=O)O)cc(C(=O)O)c5)c4)c3)c2)cc(C(=O)O)c1. The summed E-state index contributed by atoms with van der Waals surface area (Å²) >= 11 is 0. The van der Waals surface area contributed by atoms with Crippen LogP contribution < -0.4 is 0 Å². The molecule has 10 aromatic rings. The van der Waals surface area contributed by atoms with Gasteiger partial charge < -0.3 is 61.3 Å². The molecule has 0 aliphatic heterocycles. The van der Waals surface area contributed by atoms with E-state index in [0.29, 0.717) is 0 Å². The monoisotopic (exact) mass is 1430 g/mol. The summed E-state index contributed by atoms with van der Waals surface area (Å²) in [5.74, 6) is 16.5. The van der Waals surface area contributed by atoms with E-state index in [2.05, 4.69) is 71.0 Å². The van der Waals surface area contributed by atoms with Crippen molar-refractivity contribution in [1.82, 2.24) is 0 Å². The van der Waals surface area contributed by atoms with Crippen molar-refractivity contribution in [2.75, 3.05) is 0 Å². The zero-order valence-corrected chi connectivity index (χ0v) is 54.6. The van der Waals surface area contributed by atoms with Gasteiger partial charge in [-0.15, -0.1) is 0 Å². The van der Waals surface area contributed by atoms with Crippen LogP contribution in [0.2, 0.25) is 0 Å². The van der Waals surface area contributed by atoms with E-state index in [1.807, 2.05) is 0 Å². The average Bonchev–Trinajstić information content (AvgIpc) is 0.782. The lowest BCUT2D eigenvalue weighted by atomic mass is 9.90. The maximum atomic E-state index is 12.2. The molecule has 0 amide bonds. The maximum Gasteiger partial charge on any atom is 0.335 e. The quantitative estimate of drug-likeness (QED) is 0.0424. The van der Waals surface area contributed by atoms with Crippen LogP contribution in [-0.2, 0) is 0 Å². The second kappa shape index (κ2) is 31.4. The first-order chi connectivity index (χ1) is 51.3. The standard InChI is InChI=1S/C84H42O24/c85-73(86)61-22-49(23-62(37-61)74(87)88)7-1-43-13-44(2-8-50-24-63(75(89)90)38-64(25-50)76(91)92)17-55(16-43)58-34-59(56-18-45(3-9-51-26-65(77(93)94)39-66(27-51)78(95)96)14-46(19-56)4-10-52-28-67(79(97)98)40-68(29-52)80(99)100)36-60(35-58)57-20-47(5-11-53-30-69(81(101)102)41-70(31-53)82(103)104)15-48(21-57)6-12-54-32-71(83(105)106)42-72(33-54)84(107)108/h13-42H,(H,85,86)(H,87,88)(H,89,90)(H,91,92)(H,93,94)(H,95,96)(H,97,98)(H,99,100)(H,101,102)(H,103,104)(H,105,106)(H,107,108). The molecule has 0 aliphatic rings. The van der Waals surface area contributed by atoms with E-state index in [0.717, 1.165) is 109 Å². The van der Waals surface area contributed by atoms with Gasteiger partial charge in [0.2, 0.25) is 0 Å². The molecule has 522 valence electrons. The Morgan fingerprint density at radius 3 is 0.324 bits per heavy atom. The highest BCUT2D eigenvalue weighted by Crippen LogP contribution is 2.36. The second-order valence-corrected chi connectivity index (χ2v) is 23.2. The van der Waals surface area contributed by atoms with E-state index >= 15 is 0 Å². The Bertz CT molecular complexity index is 5020. The molecule has 0 saturated carbocycles. The van der Waals surface area contributed by atoms with Gasteiger partial charge in [0.05, 0.1) is 66.8 Å². The van der Waals surface area contributed by atoms with Gasteiger partial charge >= 0.3 is 71.6 Å². The van der Waals surface area contributed by atoms with E-state index in [1.165, 1.54) is 54.6 Å². The molecular formula is C84H42O24. The first-order valence-corrected chi connectivity index (χ1v) is 30.7. The Hall–Kier alpha value is -16.8. The summed E-state index contributed by atoms with van der Waals surface area (Å²) in [5, 5.41) is 119. The first kappa shape index (κ1) is 73.9. The van der Waals surface area contributed by atoms with Crippen LogP contribution >= 0.6 is 0 Å². The van der Waals surface area contributed by atoms with E-state index in [9.17, 15) is 119 Å². The molecule has 0 fully saturated rings. The Morgan fingerprint density at radius 1 is 0.130 bits per heavy atom. The predicted molar refractivity (Wildman–Crippen MR) is 381 cm³/mol. The Kier molecular flexibility index (Phi) is 21.5. The third kappa shape index (κ3) is 18.6. The number of carbonyl (C=O) groups is 12. The first-order valence-electron chi connectivity index (χ1n) is 30.7. The van der Waals surface area contributed by atoms with Crippen LogP contribution in [-0.4, -0.2) is 133 Å². The average molecular weight is 1440 g/mol. The molecule has 12 N–H and O–H groups in total. The molecule has 24 nitrogen and oxygen atoms in total. The lowest BCUT2D eigenvalue weighted by Gasteiger charge is -2.14. The Labute approximate surface area is 607 Å². The second-order valence-electron chi connectivity index (χ2n) is 23.2. The normalized spacial score (nSPS) is 10.1. The lowest BCUT2D eigenvalue weighted by Crippen LogP contribution is -2.03. The van der Waals surface area contributed by atoms with Crippen molar-refractivity contribution in [3.8, 4) is 104 Å². The largest absolute Gasteiger partial charge is 0.478 e. The topological polar surface area (TPSA) is 448 Å². The van der Waals surface area contributed by atoms with Crippen LogP contribution in [0, 0.1) is 71.0 Å². The fourth-order valence-electron chi connectivity index (χ4n) is 10.5. The molecule has 10 rings (SSSR count). The predicted octanol–water partition coefficient (Wildman–Crippen LogP) is 11.5. The molecule has 0 aliphatic carbocycles. The van der Waals surface area contributed by atoms with Gasteiger partial charge in [0.1, 0.15) is 0 Å². The van der Waals surface area contributed by atoms with Crippen LogP contribution in [0.4, 0.5) is 0 Å². The number of benzene rings is 10. The highest BCUT2D eigenvalue weighted by Gasteiger charge is 2.19. The molecule has 0 spiro atoms. The van der Waals surface area contributed by atoms with Crippen molar-refractivity contribution in [2.24, 2.45) is 0 Å². The number of carboxylic acids is 12. The minimum absolute atomic E-state index is 0.0762. The van der Waals surface area contributed by atoms with Crippen molar-refractivity contribution in [3.63, 3.8) is 0 Å². The van der Waals surface area contributed by atoms with Crippen molar-refractivity contribution < 1.29 is 119 Å². The van der Waals surface area contributed by atoms with E-state index < -0.39 is 138 Å². The highest BCUT2D eigenvalue weighted by molar-refractivity contribution is 5.99. The van der Waals surface area contributed by atoms with Gasteiger partial charge in [0.15, 0.2) is 0 Å². The van der Waals surface area contributed by atoms with Gasteiger partial charge in [-0.25, -0.2) is 57.5 Å². The summed E-state index contributed by atoms with van der Waals surface area (Å²) in [5.41, 5.74) is -3.56. The van der Waals surface area contributed by atoms with Crippen molar-refractivity contribution >= 4 is 71.6 Å². The highest BCUT2D eigenvalue weighted by atomic mass is 16.4. The minimum Gasteiger partial charge on any atom is -0.478 e. The zero-order chi connectivity index (χ0) is 77.9. The van der Waals surface area contributed by atoms with Gasteiger partial charge in [-0.05, 0) is 215 Å². The van der Waals surface area contributed by atoms with E-state index in [-0.39, 0.29) is 100 Å². The number of aromatic carboxylic acids is 12. The molecule has 0 heterocycles. The van der Waals surface area contributed by atoms with Crippen LogP contribution in [0.5, 0.6) is 0 Å². The Balaban J connectivity index is 1.31. The van der Waals surface area contributed by atoms with E-state index in [4.69, 9.17) is 0 Å². The minimum atomic E-state index is -1.48. The summed E-state index contributed by atoms with van der Waals surface area (Å²) in [6.45, 7) is 0. The smallest absolute Gasteiger partial charge is 0.335 e. The van der Waals surface area contributed by atoms with Gasteiger partial charge in [-0.1, -0.05) is 71.0 Å². The van der Waals surface area contributed by atoms with Gasteiger partial charge in [0, 0.05) is 66.8 Å². The van der Waals surface area contributed by atoms with Crippen LogP contribution in [0.3, 0.4) is 0 Å². The Morgan fingerprint density at radius 2 is 0.222 bits per heavy atom. The molecule has 0 bridgehead atoms. The third-order valence-corrected chi connectivity index (χ3v) is 15.4. The van der Waals surface area contributed by atoms with Crippen LogP contribution in [0.15, 0.2) is 182 Å². The van der Waals surface area contributed by atoms with Crippen molar-refractivity contribution in [3.05, 3.63) is 316 Å². The molecular weight excluding hydrogens is 1390 g/mol. The number of hydrogen-bond donors (Lipinski definition) is 12. The van der Waals surface area contributed by atoms with Crippen LogP contribution in [0.25, 0.3) is 33.4 Å². The molecule has 0 aromatic heterocycles. The van der Waals surface area contributed by atoms with E-state index in [1.54, 1.807) is 18.2 Å². The van der Waals surface area contributed by atoms with Gasteiger partial charge in [-0.3, -0.25) is 0 Å². The fourth-order valence-corrected chi connectivity index (χ4v) is 10.5. The lowest BCUT2D eigenvalue weighted by molar-refractivity contribution is 0.0676. The summed E-state index contributed by atoms with van der Waals surface area (Å²) in [4.78, 5) is 147. The maximum absolute atomic E-state index is 12.2. The molecule has 24 heteroatoms. The summed E-state index contributed by atoms with van der Waals surface area (Å²) in [7, 11) is 0. The van der Waals surface area contributed by atoms with Gasteiger partial charge in [0.25, 0.3) is 0 Å². The number of hydrogen-bond acceptors (Lipinski definition) is 12. The van der Waals surface area contributed by atoms with Gasteiger partial charge in [-0.2, -0.15) is 0 Å².